The van der Waals surface area contributed by atoms with Crippen molar-refractivity contribution in [1.82, 2.24) is 10.2 Å². The zero-order valence-corrected chi connectivity index (χ0v) is 15.5. The number of hydrogen-bond donors (Lipinski definition) is 1. The minimum absolute atomic E-state index is 0.104. The maximum Gasteiger partial charge on any atom is 0.234 e. The Balaban J connectivity index is 1.28. The number of carbonyl (C=O) groups is 1. The van der Waals surface area contributed by atoms with Crippen LogP contribution in [0.15, 0.2) is 48.5 Å². The van der Waals surface area contributed by atoms with Gasteiger partial charge in [-0.1, -0.05) is 24.3 Å². The lowest BCUT2D eigenvalue weighted by Gasteiger charge is -2.36. The van der Waals surface area contributed by atoms with Gasteiger partial charge in [0.05, 0.1) is 12.6 Å². The largest absolute Gasteiger partial charge is 0.369 e. The number of amides is 1. The predicted octanol–water partition coefficient (Wildman–Crippen LogP) is 3.14. The maximum atomic E-state index is 13.1. The molecular weight excluding hydrogens is 341 g/mol. The first-order chi connectivity index (χ1) is 13.2. The number of anilines is 1. The second-order valence-corrected chi connectivity index (χ2v) is 7.45. The van der Waals surface area contributed by atoms with Gasteiger partial charge in [-0.2, -0.15) is 0 Å². The molecule has 1 amide bonds. The topological polar surface area (TPSA) is 35.6 Å². The second-order valence-electron chi connectivity index (χ2n) is 7.45. The van der Waals surface area contributed by atoms with Crippen molar-refractivity contribution in [2.45, 2.75) is 25.3 Å². The Labute approximate surface area is 160 Å². The number of nitrogens with one attached hydrogen (secondary N) is 1. The number of fused-ring (bicyclic) bond motifs is 1. The molecule has 0 unspecified atom stereocenters. The highest BCUT2D eigenvalue weighted by atomic mass is 19.1. The standard InChI is InChI=1S/C22H26FN3O/c23-18-8-10-19(11-9-18)26-14-12-25(13-15-26)16-22(27)24-21-7-3-5-17-4-1-2-6-20(17)21/h1-2,4,6,8-11,21H,3,5,7,12-16H2,(H,24,27)/t21-/m0/s1. The van der Waals surface area contributed by atoms with E-state index in [1.165, 1.54) is 23.3 Å². The first-order valence-corrected chi connectivity index (χ1v) is 9.79. The Morgan fingerprint density at radius 2 is 1.78 bits per heavy atom. The van der Waals surface area contributed by atoms with Crippen LogP contribution in [-0.2, 0) is 11.2 Å². The van der Waals surface area contributed by atoms with E-state index < -0.39 is 0 Å². The molecule has 4 nitrogen and oxygen atoms in total. The Morgan fingerprint density at radius 3 is 2.56 bits per heavy atom. The van der Waals surface area contributed by atoms with E-state index in [4.69, 9.17) is 0 Å². The lowest BCUT2D eigenvalue weighted by Crippen LogP contribution is -2.50. The highest BCUT2D eigenvalue weighted by molar-refractivity contribution is 5.78. The molecule has 2 aromatic carbocycles. The molecule has 1 atom stereocenters. The highest BCUT2D eigenvalue weighted by Gasteiger charge is 2.24. The van der Waals surface area contributed by atoms with Crippen LogP contribution < -0.4 is 10.2 Å². The predicted molar refractivity (Wildman–Crippen MR) is 105 cm³/mol. The minimum Gasteiger partial charge on any atom is -0.369 e. The molecular formula is C22H26FN3O. The molecule has 1 saturated heterocycles. The molecule has 1 N–H and O–H groups in total. The van der Waals surface area contributed by atoms with Crippen molar-refractivity contribution in [3.63, 3.8) is 0 Å². The van der Waals surface area contributed by atoms with E-state index in [1.807, 2.05) is 12.1 Å². The summed E-state index contributed by atoms with van der Waals surface area (Å²) in [5.41, 5.74) is 3.68. The zero-order chi connectivity index (χ0) is 18.6. The summed E-state index contributed by atoms with van der Waals surface area (Å²) in [5, 5.41) is 3.24. The van der Waals surface area contributed by atoms with Crippen LogP contribution in [0.3, 0.4) is 0 Å². The monoisotopic (exact) mass is 367 g/mol. The average molecular weight is 367 g/mol. The number of aryl methyl sites for hydroxylation is 1. The van der Waals surface area contributed by atoms with E-state index in [9.17, 15) is 9.18 Å². The number of piperazine rings is 1. The molecule has 1 aliphatic carbocycles. The zero-order valence-electron chi connectivity index (χ0n) is 15.5. The van der Waals surface area contributed by atoms with Crippen molar-refractivity contribution >= 4 is 11.6 Å². The van der Waals surface area contributed by atoms with Gasteiger partial charge in [0.15, 0.2) is 0 Å². The van der Waals surface area contributed by atoms with E-state index in [-0.39, 0.29) is 17.8 Å². The SMILES string of the molecule is O=C(CN1CCN(c2ccc(F)cc2)CC1)N[C@H]1CCCc2ccccc21. The molecule has 0 aromatic heterocycles. The first kappa shape index (κ1) is 18.0. The van der Waals surface area contributed by atoms with Gasteiger partial charge < -0.3 is 10.2 Å². The highest BCUT2D eigenvalue weighted by Crippen LogP contribution is 2.29. The van der Waals surface area contributed by atoms with Crippen LogP contribution in [0.25, 0.3) is 0 Å². The molecule has 1 heterocycles. The molecule has 4 rings (SSSR count). The van der Waals surface area contributed by atoms with Gasteiger partial charge in [-0.25, -0.2) is 4.39 Å². The summed E-state index contributed by atoms with van der Waals surface area (Å²) in [6.07, 6.45) is 3.24. The van der Waals surface area contributed by atoms with Crippen LogP contribution in [-0.4, -0.2) is 43.5 Å². The maximum absolute atomic E-state index is 13.1. The summed E-state index contributed by atoms with van der Waals surface area (Å²) in [6, 6.07) is 15.2. The van der Waals surface area contributed by atoms with Crippen molar-refractivity contribution in [3.05, 3.63) is 65.5 Å². The van der Waals surface area contributed by atoms with Gasteiger partial charge in [-0.15, -0.1) is 0 Å². The molecule has 27 heavy (non-hydrogen) atoms. The number of rotatable bonds is 4. The quantitative estimate of drug-likeness (QED) is 0.902. The fourth-order valence-corrected chi connectivity index (χ4v) is 4.16. The van der Waals surface area contributed by atoms with E-state index >= 15 is 0 Å². The van der Waals surface area contributed by atoms with Crippen LogP contribution in [0.5, 0.6) is 0 Å². The van der Waals surface area contributed by atoms with Crippen LogP contribution >= 0.6 is 0 Å². The number of hydrogen-bond acceptors (Lipinski definition) is 3. The molecule has 0 bridgehead atoms. The summed E-state index contributed by atoms with van der Waals surface area (Å²) in [4.78, 5) is 17.0. The van der Waals surface area contributed by atoms with Crippen molar-refractivity contribution in [2.24, 2.45) is 0 Å². The normalized spacial score (nSPS) is 20.2. The summed E-state index contributed by atoms with van der Waals surface area (Å²) in [6.45, 7) is 3.82. The Hall–Kier alpha value is -2.40. The van der Waals surface area contributed by atoms with Crippen molar-refractivity contribution in [1.29, 1.82) is 0 Å². The van der Waals surface area contributed by atoms with Crippen LogP contribution in [0.1, 0.15) is 30.0 Å². The minimum atomic E-state index is -0.210. The van der Waals surface area contributed by atoms with Crippen LogP contribution in [0, 0.1) is 5.82 Å². The van der Waals surface area contributed by atoms with E-state index in [0.29, 0.717) is 6.54 Å². The molecule has 1 fully saturated rings. The Bertz CT molecular complexity index is 784. The van der Waals surface area contributed by atoms with Gasteiger partial charge in [0.1, 0.15) is 5.82 Å². The van der Waals surface area contributed by atoms with Gasteiger partial charge in [-0.3, -0.25) is 9.69 Å². The third-order valence-corrected chi connectivity index (χ3v) is 5.64. The Morgan fingerprint density at radius 1 is 1.04 bits per heavy atom. The third kappa shape index (κ3) is 4.30. The summed E-state index contributed by atoms with van der Waals surface area (Å²) < 4.78 is 13.1. The first-order valence-electron chi connectivity index (χ1n) is 9.79. The molecule has 1 aliphatic heterocycles. The van der Waals surface area contributed by atoms with Gasteiger partial charge in [-0.05, 0) is 54.7 Å². The third-order valence-electron chi connectivity index (χ3n) is 5.64. The second kappa shape index (κ2) is 8.09. The fraction of sp³-hybridized carbons (Fsp3) is 0.409. The number of carbonyl (C=O) groups excluding carboxylic acids is 1. The molecule has 2 aromatic rings. The van der Waals surface area contributed by atoms with Crippen molar-refractivity contribution < 1.29 is 9.18 Å². The molecule has 142 valence electrons. The molecule has 0 spiro atoms. The number of nitrogens with zero attached hydrogens (tertiary/aromatic N) is 2. The van der Waals surface area contributed by atoms with Crippen LogP contribution in [0.4, 0.5) is 10.1 Å². The molecule has 2 aliphatic rings. The lowest BCUT2D eigenvalue weighted by atomic mass is 9.88. The smallest absolute Gasteiger partial charge is 0.234 e. The summed E-state index contributed by atoms with van der Waals surface area (Å²) in [7, 11) is 0. The van der Waals surface area contributed by atoms with Gasteiger partial charge in [0.2, 0.25) is 5.91 Å². The fourth-order valence-electron chi connectivity index (χ4n) is 4.16. The number of benzene rings is 2. The van der Waals surface area contributed by atoms with Crippen molar-refractivity contribution in [2.75, 3.05) is 37.6 Å². The molecule has 0 saturated carbocycles. The number of halogens is 1. The van der Waals surface area contributed by atoms with Crippen molar-refractivity contribution in [3.8, 4) is 0 Å². The summed E-state index contributed by atoms with van der Waals surface area (Å²) >= 11 is 0. The van der Waals surface area contributed by atoms with Gasteiger partial charge >= 0.3 is 0 Å². The van der Waals surface area contributed by atoms with E-state index in [1.54, 1.807) is 0 Å². The Kier molecular flexibility index (Phi) is 5.39. The van der Waals surface area contributed by atoms with Gasteiger partial charge in [0.25, 0.3) is 0 Å². The van der Waals surface area contributed by atoms with E-state index in [0.717, 1.165) is 51.1 Å². The summed E-state index contributed by atoms with van der Waals surface area (Å²) in [5.74, 6) is -0.106. The molecule has 0 radical (unpaired) electrons. The van der Waals surface area contributed by atoms with Gasteiger partial charge in [0, 0.05) is 31.9 Å². The lowest BCUT2D eigenvalue weighted by molar-refractivity contribution is -0.123. The van der Waals surface area contributed by atoms with Crippen LogP contribution in [0.2, 0.25) is 0 Å². The molecule has 5 heteroatoms. The van der Waals surface area contributed by atoms with E-state index in [2.05, 4.69) is 39.4 Å². The average Bonchev–Trinajstić information content (AvgIpc) is 2.69.